The summed E-state index contributed by atoms with van der Waals surface area (Å²) in [6.45, 7) is 1.32. The molecule has 0 aliphatic heterocycles. The molecular formula is C23H17ClF4N2O2. The molecule has 3 aromatic rings. The monoisotopic (exact) mass is 464 g/mol. The SMILES string of the molecule is Cc1c(Cl)c(C(F)(F)F)cc(Oc2ccc(F)c3c2CCC3)c1C(=O)Nc1cccnc1. The lowest BCUT2D eigenvalue weighted by Gasteiger charge is -2.20. The number of amides is 1. The molecule has 4 nitrogen and oxygen atoms in total. The standard InChI is InChI=1S/C23H17ClF4N2O2/c1-12-20(22(31)30-13-4-3-9-29-11-13)19(10-16(21(12)24)23(26,27)28)32-18-8-7-17(25)14-5-2-6-15(14)18/h3-4,7-11H,2,5-6H2,1H3,(H,30,31). The van der Waals surface area contributed by atoms with E-state index in [-0.39, 0.29) is 28.4 Å². The van der Waals surface area contributed by atoms with Crippen molar-refractivity contribution >= 4 is 23.2 Å². The number of benzene rings is 2. The van der Waals surface area contributed by atoms with Gasteiger partial charge in [-0.3, -0.25) is 9.78 Å². The van der Waals surface area contributed by atoms with E-state index in [0.717, 1.165) is 0 Å². The van der Waals surface area contributed by atoms with Gasteiger partial charge < -0.3 is 10.1 Å². The lowest BCUT2D eigenvalue weighted by molar-refractivity contribution is -0.137. The van der Waals surface area contributed by atoms with E-state index in [2.05, 4.69) is 10.3 Å². The highest BCUT2D eigenvalue weighted by atomic mass is 35.5. The quantitative estimate of drug-likeness (QED) is 0.435. The van der Waals surface area contributed by atoms with Crippen LogP contribution in [0.1, 0.15) is 39.0 Å². The average Bonchev–Trinajstić information content (AvgIpc) is 3.23. The van der Waals surface area contributed by atoms with E-state index in [1.165, 1.54) is 31.5 Å². The molecule has 0 spiro atoms. The molecule has 0 saturated carbocycles. The number of nitrogens with zero attached hydrogens (tertiary/aromatic N) is 1. The summed E-state index contributed by atoms with van der Waals surface area (Å²) in [5, 5.41) is 2.00. The zero-order valence-corrected chi connectivity index (χ0v) is 17.6. The number of nitrogens with one attached hydrogen (secondary N) is 1. The Morgan fingerprint density at radius 1 is 1.16 bits per heavy atom. The van der Waals surface area contributed by atoms with Crippen molar-refractivity contribution in [2.24, 2.45) is 0 Å². The van der Waals surface area contributed by atoms with Gasteiger partial charge in [0.15, 0.2) is 0 Å². The van der Waals surface area contributed by atoms with Crippen LogP contribution in [0.5, 0.6) is 11.5 Å². The van der Waals surface area contributed by atoms with E-state index < -0.39 is 22.7 Å². The fraction of sp³-hybridized carbons (Fsp3) is 0.217. The van der Waals surface area contributed by atoms with Gasteiger partial charge in [0.2, 0.25) is 0 Å². The number of aromatic nitrogens is 1. The molecule has 0 unspecified atom stereocenters. The highest BCUT2D eigenvalue weighted by Gasteiger charge is 2.37. The van der Waals surface area contributed by atoms with Gasteiger partial charge in [-0.25, -0.2) is 4.39 Å². The van der Waals surface area contributed by atoms with Crippen molar-refractivity contribution in [1.82, 2.24) is 4.98 Å². The molecular weight excluding hydrogens is 448 g/mol. The number of rotatable bonds is 4. The van der Waals surface area contributed by atoms with Gasteiger partial charge >= 0.3 is 6.18 Å². The Bertz CT molecular complexity index is 1200. The maximum Gasteiger partial charge on any atom is 0.417 e. The lowest BCUT2D eigenvalue weighted by atomic mass is 10.0. The number of ether oxygens (including phenoxy) is 1. The summed E-state index contributed by atoms with van der Waals surface area (Å²) < 4.78 is 60.7. The molecule has 0 bridgehead atoms. The van der Waals surface area contributed by atoms with Crippen LogP contribution >= 0.6 is 11.6 Å². The zero-order valence-electron chi connectivity index (χ0n) is 16.8. The van der Waals surface area contributed by atoms with E-state index in [1.807, 2.05) is 0 Å². The van der Waals surface area contributed by atoms with Crippen LogP contribution in [0, 0.1) is 12.7 Å². The van der Waals surface area contributed by atoms with Gasteiger partial charge in [0.1, 0.15) is 17.3 Å². The highest BCUT2D eigenvalue weighted by Crippen LogP contribution is 2.44. The van der Waals surface area contributed by atoms with Gasteiger partial charge in [0.25, 0.3) is 5.91 Å². The molecule has 9 heteroatoms. The summed E-state index contributed by atoms with van der Waals surface area (Å²) >= 11 is 6.00. The zero-order chi connectivity index (χ0) is 23.0. The molecule has 1 amide bonds. The van der Waals surface area contributed by atoms with E-state index in [9.17, 15) is 22.4 Å². The Labute approximate surface area is 186 Å². The molecule has 0 atom stereocenters. The summed E-state index contributed by atoms with van der Waals surface area (Å²) in [6.07, 6.45) is -0.109. The second kappa shape index (κ2) is 8.43. The van der Waals surface area contributed by atoms with Crippen molar-refractivity contribution < 1.29 is 27.1 Å². The third-order valence-electron chi connectivity index (χ3n) is 5.32. The summed E-state index contributed by atoms with van der Waals surface area (Å²) in [5.41, 5.74) is 0.0554. The average molecular weight is 465 g/mol. The first-order chi connectivity index (χ1) is 15.2. The van der Waals surface area contributed by atoms with Crippen LogP contribution in [0.3, 0.4) is 0 Å². The largest absolute Gasteiger partial charge is 0.456 e. The minimum absolute atomic E-state index is 0.0864. The van der Waals surface area contributed by atoms with Gasteiger partial charge in [-0.15, -0.1) is 0 Å². The van der Waals surface area contributed by atoms with Crippen molar-refractivity contribution in [2.75, 3.05) is 5.32 Å². The van der Waals surface area contributed by atoms with E-state index in [4.69, 9.17) is 16.3 Å². The number of alkyl halides is 3. The topological polar surface area (TPSA) is 51.2 Å². The smallest absolute Gasteiger partial charge is 0.417 e. The van der Waals surface area contributed by atoms with Crippen LogP contribution in [-0.2, 0) is 19.0 Å². The van der Waals surface area contributed by atoms with Crippen molar-refractivity contribution in [2.45, 2.75) is 32.4 Å². The number of carbonyl (C=O) groups is 1. The van der Waals surface area contributed by atoms with Crippen molar-refractivity contribution in [3.05, 3.63) is 81.4 Å². The minimum atomic E-state index is -4.76. The number of pyridine rings is 1. The Morgan fingerprint density at radius 3 is 2.59 bits per heavy atom. The summed E-state index contributed by atoms with van der Waals surface area (Å²) in [6, 6.07) is 6.46. The first-order valence-corrected chi connectivity index (χ1v) is 10.1. The maximum atomic E-state index is 14.1. The number of halogens is 5. The van der Waals surface area contributed by atoms with Gasteiger partial charge in [0, 0.05) is 11.8 Å². The molecule has 32 heavy (non-hydrogen) atoms. The molecule has 1 aromatic heterocycles. The first kappa shape index (κ1) is 22.1. The van der Waals surface area contributed by atoms with Gasteiger partial charge in [-0.1, -0.05) is 11.6 Å². The van der Waals surface area contributed by atoms with E-state index in [1.54, 1.807) is 12.1 Å². The molecule has 1 heterocycles. The summed E-state index contributed by atoms with van der Waals surface area (Å²) in [4.78, 5) is 16.9. The van der Waals surface area contributed by atoms with E-state index >= 15 is 0 Å². The molecule has 2 aromatic carbocycles. The number of hydrogen-bond acceptors (Lipinski definition) is 3. The number of anilines is 1. The predicted molar refractivity (Wildman–Crippen MR) is 112 cm³/mol. The highest BCUT2D eigenvalue weighted by molar-refractivity contribution is 6.33. The fourth-order valence-electron chi connectivity index (χ4n) is 3.81. The van der Waals surface area contributed by atoms with Crippen molar-refractivity contribution in [3.63, 3.8) is 0 Å². The Kier molecular flexibility index (Phi) is 5.81. The van der Waals surface area contributed by atoms with E-state index in [0.29, 0.717) is 42.1 Å². The Hall–Kier alpha value is -3.13. The normalized spacial score (nSPS) is 13.1. The van der Waals surface area contributed by atoms with Crippen molar-refractivity contribution in [3.8, 4) is 11.5 Å². The van der Waals surface area contributed by atoms with Crippen LogP contribution in [0.25, 0.3) is 0 Å². The molecule has 1 N–H and O–H groups in total. The van der Waals surface area contributed by atoms with Crippen LogP contribution in [-0.4, -0.2) is 10.9 Å². The number of hydrogen-bond donors (Lipinski definition) is 1. The molecule has 4 rings (SSSR count). The third-order valence-corrected chi connectivity index (χ3v) is 5.81. The summed E-state index contributed by atoms with van der Waals surface area (Å²) in [5.74, 6) is -1.20. The first-order valence-electron chi connectivity index (χ1n) is 9.76. The van der Waals surface area contributed by atoms with Gasteiger partial charge in [-0.05, 0) is 67.6 Å². The third kappa shape index (κ3) is 4.14. The second-order valence-corrected chi connectivity index (χ2v) is 7.77. The second-order valence-electron chi connectivity index (χ2n) is 7.39. The molecule has 166 valence electrons. The van der Waals surface area contributed by atoms with Gasteiger partial charge in [-0.2, -0.15) is 13.2 Å². The molecule has 0 radical (unpaired) electrons. The molecule has 0 fully saturated rings. The Morgan fingerprint density at radius 2 is 1.91 bits per heavy atom. The van der Waals surface area contributed by atoms with Crippen LogP contribution < -0.4 is 10.1 Å². The molecule has 0 saturated heterocycles. The molecule has 1 aliphatic rings. The predicted octanol–water partition coefficient (Wildman–Crippen LogP) is 6.73. The van der Waals surface area contributed by atoms with Gasteiger partial charge in [0.05, 0.1) is 28.0 Å². The number of fused-ring (bicyclic) bond motifs is 1. The summed E-state index contributed by atoms with van der Waals surface area (Å²) in [7, 11) is 0. The number of carbonyl (C=O) groups excluding carboxylic acids is 1. The van der Waals surface area contributed by atoms with Crippen LogP contribution in [0.2, 0.25) is 5.02 Å². The lowest BCUT2D eigenvalue weighted by Crippen LogP contribution is -2.17. The Balaban J connectivity index is 1.83. The minimum Gasteiger partial charge on any atom is -0.456 e. The van der Waals surface area contributed by atoms with Crippen LogP contribution in [0.4, 0.5) is 23.2 Å². The fourth-order valence-corrected chi connectivity index (χ4v) is 4.06. The molecule has 1 aliphatic carbocycles. The van der Waals surface area contributed by atoms with Crippen LogP contribution in [0.15, 0.2) is 42.7 Å². The van der Waals surface area contributed by atoms with Crippen molar-refractivity contribution in [1.29, 1.82) is 0 Å². The maximum absolute atomic E-state index is 14.1.